The van der Waals surface area contributed by atoms with Crippen molar-refractivity contribution in [3.8, 4) is 0 Å². The van der Waals surface area contributed by atoms with Crippen molar-refractivity contribution in [1.29, 1.82) is 0 Å². The van der Waals surface area contributed by atoms with Gasteiger partial charge in [-0.3, -0.25) is 4.79 Å². The molecule has 128 valence electrons. The molecule has 0 aliphatic rings. The van der Waals surface area contributed by atoms with Gasteiger partial charge in [0.15, 0.2) is 0 Å². The molecule has 1 heterocycles. The van der Waals surface area contributed by atoms with Gasteiger partial charge in [0.2, 0.25) is 12.4 Å². The van der Waals surface area contributed by atoms with E-state index in [0.29, 0.717) is 24.3 Å². The molecule has 1 aromatic carbocycles. The Morgan fingerprint density at radius 1 is 1.46 bits per heavy atom. The molecule has 9 heteroatoms. The summed E-state index contributed by atoms with van der Waals surface area (Å²) >= 11 is 0. The molecule has 1 amide bonds. The fourth-order valence-electron chi connectivity index (χ4n) is 1.84. The monoisotopic (exact) mass is 351 g/mol. The van der Waals surface area contributed by atoms with Gasteiger partial charge in [0.05, 0.1) is 6.54 Å². The minimum atomic E-state index is -0.255. The number of aliphatic imine (C=N–C) groups is 3. The number of amides is 1. The zero-order chi connectivity index (χ0) is 18.1. The second-order valence-electron chi connectivity index (χ2n) is 4.47. The van der Waals surface area contributed by atoms with Crippen LogP contribution >= 0.6 is 9.24 Å². The Morgan fingerprint density at radius 2 is 2.17 bits per heavy atom. The van der Waals surface area contributed by atoms with Gasteiger partial charge < -0.3 is 15.9 Å². The van der Waals surface area contributed by atoms with Gasteiger partial charge in [0.25, 0.3) is 0 Å². The quantitative estimate of drug-likeness (QED) is 0.376. The van der Waals surface area contributed by atoms with E-state index in [1.807, 2.05) is 6.92 Å². The molecule has 1 aromatic heterocycles. The van der Waals surface area contributed by atoms with Crippen LogP contribution in [-0.2, 0) is 11.3 Å². The van der Waals surface area contributed by atoms with E-state index in [9.17, 15) is 9.18 Å². The molecule has 0 saturated heterocycles. The van der Waals surface area contributed by atoms with Gasteiger partial charge >= 0.3 is 0 Å². The molecule has 0 aliphatic carbocycles. The molecule has 0 spiro atoms. The summed E-state index contributed by atoms with van der Waals surface area (Å²) in [5.41, 5.74) is 12.3. The Bertz CT molecular complexity index is 799. The van der Waals surface area contributed by atoms with Crippen LogP contribution in [0.25, 0.3) is 11.0 Å². The van der Waals surface area contributed by atoms with E-state index in [2.05, 4.69) is 24.2 Å². The summed E-state index contributed by atoms with van der Waals surface area (Å²) in [5, 5.41) is 1.53. The zero-order valence-corrected chi connectivity index (χ0v) is 14.5. The van der Waals surface area contributed by atoms with Crippen LogP contribution < -0.4 is 16.8 Å². The first-order valence-electron chi connectivity index (χ1n) is 6.88. The van der Waals surface area contributed by atoms with E-state index in [1.165, 1.54) is 18.3 Å². The highest BCUT2D eigenvalue weighted by molar-refractivity contribution is 7.28. The lowest BCUT2D eigenvalue weighted by Crippen LogP contribution is -2.07. The van der Waals surface area contributed by atoms with Gasteiger partial charge in [0.1, 0.15) is 23.5 Å². The number of hydrogen-bond donors (Lipinski definition) is 2. The number of fused-ring (bicyclic) bond motifs is 1. The molecule has 7 nitrogen and oxygen atoms in total. The average molecular weight is 351 g/mol. The summed E-state index contributed by atoms with van der Waals surface area (Å²) in [7, 11) is 2.46. The molecule has 0 saturated carbocycles. The minimum absolute atomic E-state index is 0.0769. The Labute approximate surface area is 140 Å². The number of carbonyl (C=O) groups is 1. The number of rotatable bonds is 3. The third-order valence-electron chi connectivity index (χ3n) is 2.89. The van der Waals surface area contributed by atoms with Gasteiger partial charge in [-0.2, -0.15) is 0 Å². The smallest absolute Gasteiger partial charge is 0.234 e. The SMILES string of the molecule is C/C=N\C(N)=NC=NC=O.Cc1c(CN)oc2c(P)cc(F)cc12. The molecular weight excluding hydrogens is 332 g/mol. The van der Waals surface area contributed by atoms with Crippen molar-refractivity contribution in [3.05, 3.63) is 29.3 Å². The van der Waals surface area contributed by atoms with Crippen molar-refractivity contribution in [1.82, 2.24) is 0 Å². The number of furan rings is 1. The van der Waals surface area contributed by atoms with Crippen molar-refractivity contribution in [2.45, 2.75) is 20.4 Å². The lowest BCUT2D eigenvalue weighted by atomic mass is 10.1. The first kappa shape index (κ1) is 19.6. The highest BCUT2D eigenvalue weighted by Gasteiger charge is 2.12. The molecule has 0 fully saturated rings. The first-order valence-corrected chi connectivity index (χ1v) is 7.46. The topological polar surface area (TPSA) is 119 Å². The predicted molar refractivity (Wildman–Crippen MR) is 98.5 cm³/mol. The Hall–Kier alpha value is -2.44. The highest BCUT2D eigenvalue weighted by Crippen LogP contribution is 2.25. The number of nitrogens with zero attached hydrogens (tertiary/aromatic N) is 3. The highest BCUT2D eigenvalue weighted by atomic mass is 31.0. The molecule has 0 aliphatic heterocycles. The van der Waals surface area contributed by atoms with Crippen LogP contribution in [0.2, 0.25) is 0 Å². The number of benzene rings is 1. The number of aryl methyl sites for hydroxylation is 1. The molecule has 1 unspecified atom stereocenters. The van der Waals surface area contributed by atoms with Crippen LogP contribution in [0, 0.1) is 12.7 Å². The molecule has 0 bridgehead atoms. The maximum absolute atomic E-state index is 13.1. The minimum Gasteiger partial charge on any atom is -0.459 e. The lowest BCUT2D eigenvalue weighted by molar-refractivity contribution is -0.106. The second kappa shape index (κ2) is 9.64. The molecule has 2 rings (SSSR count). The molecule has 1 atom stereocenters. The summed E-state index contributed by atoms with van der Waals surface area (Å²) in [5.74, 6) is 0.539. The summed E-state index contributed by atoms with van der Waals surface area (Å²) in [4.78, 5) is 19.8. The summed E-state index contributed by atoms with van der Waals surface area (Å²) in [6, 6.07) is 2.90. The second-order valence-corrected chi connectivity index (χ2v) is 5.09. The molecule has 24 heavy (non-hydrogen) atoms. The Balaban J connectivity index is 0.000000257. The van der Waals surface area contributed by atoms with Gasteiger partial charge in [-0.1, -0.05) is 0 Å². The van der Waals surface area contributed by atoms with Crippen LogP contribution in [0.3, 0.4) is 0 Å². The van der Waals surface area contributed by atoms with E-state index < -0.39 is 0 Å². The Morgan fingerprint density at radius 3 is 2.75 bits per heavy atom. The largest absolute Gasteiger partial charge is 0.459 e. The summed E-state index contributed by atoms with van der Waals surface area (Å²) in [6.07, 6.45) is 2.90. The van der Waals surface area contributed by atoms with Crippen molar-refractivity contribution in [3.63, 3.8) is 0 Å². The van der Waals surface area contributed by atoms with Gasteiger partial charge in [-0.25, -0.2) is 19.4 Å². The van der Waals surface area contributed by atoms with Crippen LogP contribution in [0.1, 0.15) is 18.2 Å². The van der Waals surface area contributed by atoms with Crippen LogP contribution in [-0.4, -0.2) is 24.9 Å². The molecule has 0 radical (unpaired) electrons. The van der Waals surface area contributed by atoms with Crippen molar-refractivity contribution < 1.29 is 13.6 Å². The van der Waals surface area contributed by atoms with Crippen molar-refractivity contribution in [2.75, 3.05) is 0 Å². The predicted octanol–water partition coefficient (Wildman–Crippen LogP) is 1.42. The maximum atomic E-state index is 13.1. The third-order valence-corrected chi connectivity index (χ3v) is 3.32. The fourth-order valence-corrected chi connectivity index (χ4v) is 2.21. The fraction of sp³-hybridized carbons (Fsp3) is 0.200. The third kappa shape index (κ3) is 5.33. The molecule has 4 N–H and O–H groups in total. The van der Waals surface area contributed by atoms with Gasteiger partial charge in [-0.05, 0) is 31.5 Å². The number of halogens is 1. The number of guanidine groups is 1. The van der Waals surface area contributed by atoms with E-state index in [-0.39, 0.29) is 11.8 Å². The molecule has 2 aromatic rings. The maximum Gasteiger partial charge on any atom is 0.234 e. The van der Waals surface area contributed by atoms with Gasteiger partial charge in [0, 0.05) is 16.9 Å². The van der Waals surface area contributed by atoms with Gasteiger partial charge in [-0.15, -0.1) is 9.24 Å². The van der Waals surface area contributed by atoms with E-state index in [4.69, 9.17) is 15.9 Å². The number of carbonyl (C=O) groups excluding carboxylic acids is 1. The average Bonchev–Trinajstić information content (AvgIpc) is 2.85. The Kier molecular flexibility index (Phi) is 7.88. The van der Waals surface area contributed by atoms with E-state index in [1.54, 1.807) is 6.92 Å². The molecular formula is C15H19FN5O2P. The number of hydrogen-bond acceptors (Lipinski definition) is 3. The van der Waals surface area contributed by atoms with E-state index in [0.717, 1.165) is 22.6 Å². The lowest BCUT2D eigenvalue weighted by Gasteiger charge is -1.94. The van der Waals surface area contributed by atoms with Crippen LogP contribution in [0.4, 0.5) is 4.39 Å². The summed E-state index contributed by atoms with van der Waals surface area (Å²) < 4.78 is 18.6. The normalized spacial score (nSPS) is 12.0. The van der Waals surface area contributed by atoms with Crippen molar-refractivity contribution >= 4 is 50.4 Å². The van der Waals surface area contributed by atoms with Crippen molar-refractivity contribution in [2.24, 2.45) is 26.4 Å². The van der Waals surface area contributed by atoms with Crippen LogP contribution in [0.15, 0.2) is 31.5 Å². The first-order chi connectivity index (χ1) is 11.4. The van der Waals surface area contributed by atoms with E-state index >= 15 is 0 Å². The zero-order valence-electron chi connectivity index (χ0n) is 13.4. The number of nitrogens with two attached hydrogens (primary N) is 2. The van der Waals surface area contributed by atoms with Crippen LogP contribution in [0.5, 0.6) is 0 Å². The summed E-state index contributed by atoms with van der Waals surface area (Å²) in [6.45, 7) is 3.93. The standard InChI is InChI=1S/C10H11FNOP.C5H8N4O/c1-5-7-2-6(11)3-9(14)10(7)13-8(5)4-12;1-2-8-5(6)9-3-7-4-10/h2-3H,4,12,14H2,1H3;2-4H,1H3,(H2,6,7,9,10)/b;8-2-.